The lowest BCUT2D eigenvalue weighted by atomic mass is 10.2. The van der Waals surface area contributed by atoms with Gasteiger partial charge in [-0.05, 0) is 24.8 Å². The minimum Gasteiger partial charge on any atom is -0.464 e. The van der Waals surface area contributed by atoms with Gasteiger partial charge in [-0.2, -0.15) is 16.9 Å². The van der Waals surface area contributed by atoms with Crippen molar-refractivity contribution in [3.8, 4) is 0 Å². The summed E-state index contributed by atoms with van der Waals surface area (Å²) in [4.78, 5) is 0. The maximum Gasteiger partial charge on any atom is 0.118 e. The maximum absolute atomic E-state index is 5.72. The van der Waals surface area contributed by atoms with Gasteiger partial charge in [0.1, 0.15) is 11.5 Å². The Hall–Kier alpha value is -1.20. The first-order chi connectivity index (χ1) is 9.22. The van der Waals surface area contributed by atoms with Crippen LogP contribution in [0, 0.1) is 0 Å². The lowest BCUT2D eigenvalue weighted by molar-refractivity contribution is 0.459. The normalized spacial score (nSPS) is 11.1. The number of nitrogens with one attached hydrogen (secondary N) is 1. The summed E-state index contributed by atoms with van der Waals surface area (Å²) in [5, 5.41) is 7.84. The van der Waals surface area contributed by atoms with E-state index in [1.165, 1.54) is 5.56 Å². The van der Waals surface area contributed by atoms with Crippen LogP contribution >= 0.6 is 11.8 Å². The predicted octanol–water partition coefficient (Wildman–Crippen LogP) is 2.73. The average molecular weight is 279 g/mol. The number of aryl methyl sites for hydroxylation is 2. The van der Waals surface area contributed by atoms with Crippen molar-refractivity contribution in [2.45, 2.75) is 32.2 Å². The smallest absolute Gasteiger partial charge is 0.118 e. The summed E-state index contributed by atoms with van der Waals surface area (Å²) in [6.45, 7) is 3.72. The number of furan rings is 1. The summed E-state index contributed by atoms with van der Waals surface area (Å²) < 4.78 is 7.59. The molecule has 0 spiro atoms. The molecule has 0 saturated carbocycles. The highest BCUT2D eigenvalue weighted by atomic mass is 32.2. The van der Waals surface area contributed by atoms with E-state index in [-0.39, 0.29) is 0 Å². The van der Waals surface area contributed by atoms with E-state index in [0.29, 0.717) is 0 Å². The summed E-state index contributed by atoms with van der Waals surface area (Å²) in [6.07, 6.45) is 5.12. The summed E-state index contributed by atoms with van der Waals surface area (Å²) in [7, 11) is 1.96. The van der Waals surface area contributed by atoms with Crippen molar-refractivity contribution >= 4 is 11.8 Å². The lowest BCUT2D eigenvalue weighted by Gasteiger charge is -2.02. The molecule has 0 radical (unpaired) electrons. The Labute approximate surface area is 118 Å². The summed E-state index contributed by atoms with van der Waals surface area (Å²) >= 11 is 1.77. The maximum atomic E-state index is 5.72. The van der Waals surface area contributed by atoms with Gasteiger partial charge >= 0.3 is 0 Å². The molecule has 0 atom stereocenters. The van der Waals surface area contributed by atoms with Crippen LogP contribution in [-0.4, -0.2) is 16.0 Å². The van der Waals surface area contributed by atoms with Crippen molar-refractivity contribution in [2.75, 3.05) is 6.26 Å². The highest BCUT2D eigenvalue weighted by molar-refractivity contribution is 7.97. The molecule has 0 fully saturated rings. The molecule has 4 nitrogen and oxygen atoms in total. The van der Waals surface area contributed by atoms with Gasteiger partial charge in [-0.15, -0.1) is 0 Å². The van der Waals surface area contributed by atoms with Crippen LogP contribution in [-0.2, 0) is 32.3 Å². The van der Waals surface area contributed by atoms with E-state index in [1.54, 1.807) is 11.8 Å². The van der Waals surface area contributed by atoms with E-state index in [4.69, 9.17) is 4.42 Å². The predicted molar refractivity (Wildman–Crippen MR) is 79.1 cm³/mol. The molecule has 0 aliphatic carbocycles. The molecule has 0 unspecified atom stereocenters. The quantitative estimate of drug-likeness (QED) is 0.846. The topological polar surface area (TPSA) is 43.0 Å². The zero-order valence-corrected chi connectivity index (χ0v) is 12.6. The molecule has 104 valence electrons. The number of aromatic nitrogens is 2. The molecule has 2 aromatic heterocycles. The molecule has 0 bridgehead atoms. The van der Waals surface area contributed by atoms with Gasteiger partial charge in [-0.25, -0.2) is 0 Å². The molecule has 2 aromatic rings. The molecule has 0 amide bonds. The van der Waals surface area contributed by atoms with E-state index in [2.05, 4.69) is 35.9 Å². The molecular formula is C14H21N3OS. The van der Waals surface area contributed by atoms with Gasteiger partial charge in [0.25, 0.3) is 0 Å². The minimum absolute atomic E-state index is 0.756. The lowest BCUT2D eigenvalue weighted by Crippen LogP contribution is -2.12. The van der Waals surface area contributed by atoms with Gasteiger partial charge < -0.3 is 9.73 Å². The van der Waals surface area contributed by atoms with Crippen LogP contribution in [0.15, 0.2) is 22.7 Å². The summed E-state index contributed by atoms with van der Waals surface area (Å²) in [6, 6.07) is 4.09. The van der Waals surface area contributed by atoms with Crippen LogP contribution in [0.4, 0.5) is 0 Å². The van der Waals surface area contributed by atoms with Crippen LogP contribution in [0.2, 0.25) is 0 Å². The van der Waals surface area contributed by atoms with E-state index >= 15 is 0 Å². The molecule has 0 aromatic carbocycles. The van der Waals surface area contributed by atoms with Crippen LogP contribution in [0.5, 0.6) is 0 Å². The highest BCUT2D eigenvalue weighted by Crippen LogP contribution is 2.13. The molecule has 1 N–H and O–H groups in total. The van der Waals surface area contributed by atoms with Gasteiger partial charge in [0.2, 0.25) is 0 Å². The summed E-state index contributed by atoms with van der Waals surface area (Å²) in [5.74, 6) is 2.97. The van der Waals surface area contributed by atoms with Crippen molar-refractivity contribution < 1.29 is 4.42 Å². The van der Waals surface area contributed by atoms with Crippen molar-refractivity contribution in [3.63, 3.8) is 0 Å². The largest absolute Gasteiger partial charge is 0.464 e. The van der Waals surface area contributed by atoms with Crippen LogP contribution in [0.1, 0.15) is 29.7 Å². The Morgan fingerprint density at radius 3 is 2.84 bits per heavy atom. The Bertz CT molecular complexity index is 518. The molecule has 19 heavy (non-hydrogen) atoms. The number of hydrogen-bond acceptors (Lipinski definition) is 4. The highest BCUT2D eigenvalue weighted by Gasteiger charge is 2.06. The number of thioether (sulfide) groups is 1. The van der Waals surface area contributed by atoms with Crippen LogP contribution < -0.4 is 5.32 Å². The van der Waals surface area contributed by atoms with Crippen LogP contribution in [0.3, 0.4) is 0 Å². The van der Waals surface area contributed by atoms with Gasteiger partial charge in [0.15, 0.2) is 0 Å². The van der Waals surface area contributed by atoms with E-state index in [9.17, 15) is 0 Å². The van der Waals surface area contributed by atoms with Crippen LogP contribution in [0.25, 0.3) is 0 Å². The third-order valence-electron chi connectivity index (χ3n) is 2.95. The average Bonchev–Trinajstić information content (AvgIpc) is 2.97. The fourth-order valence-corrected chi connectivity index (χ4v) is 2.53. The fraction of sp³-hybridized carbons (Fsp3) is 0.500. The van der Waals surface area contributed by atoms with E-state index in [1.807, 2.05) is 17.8 Å². The Balaban J connectivity index is 1.85. The Kier molecular flexibility index (Phi) is 5.10. The second-order valence-corrected chi connectivity index (χ2v) is 5.40. The van der Waals surface area contributed by atoms with Crippen molar-refractivity contribution in [3.05, 3.63) is 41.1 Å². The second kappa shape index (κ2) is 6.82. The molecule has 0 saturated heterocycles. The van der Waals surface area contributed by atoms with Crippen molar-refractivity contribution in [1.82, 2.24) is 15.1 Å². The molecule has 5 heteroatoms. The number of nitrogens with zero attached hydrogens (tertiary/aromatic N) is 2. The van der Waals surface area contributed by atoms with Crippen molar-refractivity contribution in [1.29, 1.82) is 0 Å². The molecule has 2 heterocycles. The zero-order chi connectivity index (χ0) is 13.7. The second-order valence-electron chi connectivity index (χ2n) is 4.53. The number of rotatable bonds is 7. The number of hydrogen-bond donors (Lipinski definition) is 1. The Morgan fingerprint density at radius 1 is 1.32 bits per heavy atom. The monoisotopic (exact) mass is 279 g/mol. The third-order valence-corrected chi connectivity index (χ3v) is 3.52. The van der Waals surface area contributed by atoms with E-state index < -0.39 is 0 Å². The van der Waals surface area contributed by atoms with Gasteiger partial charge in [-0.1, -0.05) is 6.92 Å². The zero-order valence-electron chi connectivity index (χ0n) is 11.8. The fourth-order valence-electron chi connectivity index (χ4n) is 2.09. The van der Waals surface area contributed by atoms with Gasteiger partial charge in [0.05, 0.1) is 18.0 Å². The first-order valence-corrected chi connectivity index (χ1v) is 7.91. The molecule has 0 aliphatic rings. The van der Waals surface area contributed by atoms with E-state index in [0.717, 1.165) is 42.5 Å². The minimum atomic E-state index is 0.756. The third kappa shape index (κ3) is 3.88. The van der Waals surface area contributed by atoms with Gasteiger partial charge in [0, 0.05) is 25.4 Å². The Morgan fingerprint density at radius 2 is 2.11 bits per heavy atom. The molecule has 0 aliphatic heterocycles. The molecule has 2 rings (SSSR count). The SMILES string of the molecule is CCc1nn(C)cc1CNCc1ccc(CSC)o1. The summed E-state index contributed by atoms with van der Waals surface area (Å²) in [5.41, 5.74) is 2.43. The van der Waals surface area contributed by atoms with Gasteiger partial charge in [-0.3, -0.25) is 4.68 Å². The first-order valence-electron chi connectivity index (χ1n) is 6.51. The first kappa shape index (κ1) is 14.2. The molecular weight excluding hydrogens is 258 g/mol. The van der Waals surface area contributed by atoms with Crippen molar-refractivity contribution in [2.24, 2.45) is 7.05 Å². The standard InChI is InChI=1S/C14H21N3OS/c1-4-14-11(9-17(2)16-14)7-15-8-12-5-6-13(18-12)10-19-3/h5-6,9,15H,4,7-8,10H2,1-3H3.